The monoisotopic (exact) mass is 394 g/mol. The third kappa shape index (κ3) is 3.34. The Balaban J connectivity index is 2.02. The fourth-order valence-electron chi connectivity index (χ4n) is 3.23. The lowest BCUT2D eigenvalue weighted by Crippen LogP contribution is -2.06. The second-order valence-corrected chi connectivity index (χ2v) is 6.43. The standard InChI is InChI=1S/C23H14N4O3/c24-15-20-21(23(28)17-10-5-2-6-11-17)22(16-8-3-1-4-9-16)26(25-20)18-12-7-13-19(14-18)27(29)30/h1-14H. The second kappa shape index (κ2) is 7.81. The van der Waals surface area contributed by atoms with E-state index >= 15 is 0 Å². The van der Waals surface area contributed by atoms with Crippen LogP contribution in [0.4, 0.5) is 5.69 Å². The Hall–Kier alpha value is -4.57. The number of carbonyl (C=O) groups excluding carboxylic acids is 1. The molecule has 30 heavy (non-hydrogen) atoms. The lowest BCUT2D eigenvalue weighted by atomic mass is 9.97. The summed E-state index contributed by atoms with van der Waals surface area (Å²) in [6, 6.07) is 25.6. The summed E-state index contributed by atoms with van der Waals surface area (Å²) in [5.74, 6) is -0.345. The van der Waals surface area contributed by atoms with Crippen molar-refractivity contribution in [1.29, 1.82) is 5.26 Å². The predicted octanol–water partition coefficient (Wildman–Crippen LogP) is 4.55. The van der Waals surface area contributed by atoms with Gasteiger partial charge in [0.1, 0.15) is 6.07 Å². The maximum atomic E-state index is 13.3. The van der Waals surface area contributed by atoms with E-state index in [1.54, 1.807) is 48.5 Å². The van der Waals surface area contributed by atoms with Crippen LogP contribution in [0.1, 0.15) is 21.6 Å². The van der Waals surface area contributed by atoms with Crippen molar-refractivity contribution in [2.24, 2.45) is 0 Å². The maximum Gasteiger partial charge on any atom is 0.271 e. The number of rotatable bonds is 5. The quantitative estimate of drug-likeness (QED) is 0.281. The van der Waals surface area contributed by atoms with Crippen molar-refractivity contribution in [3.8, 4) is 23.0 Å². The van der Waals surface area contributed by atoms with E-state index in [1.165, 1.54) is 22.9 Å². The Morgan fingerprint density at radius 2 is 1.63 bits per heavy atom. The molecule has 7 heteroatoms. The molecule has 0 amide bonds. The smallest absolute Gasteiger partial charge is 0.271 e. The number of hydrogen-bond donors (Lipinski definition) is 0. The maximum absolute atomic E-state index is 13.3. The van der Waals surface area contributed by atoms with Crippen LogP contribution < -0.4 is 0 Å². The number of nitriles is 1. The van der Waals surface area contributed by atoms with E-state index in [1.807, 2.05) is 24.3 Å². The zero-order chi connectivity index (χ0) is 21.1. The number of hydrogen-bond acceptors (Lipinski definition) is 5. The van der Waals surface area contributed by atoms with Crippen LogP contribution in [-0.4, -0.2) is 20.5 Å². The Bertz CT molecular complexity index is 1290. The summed E-state index contributed by atoms with van der Waals surface area (Å²) in [7, 11) is 0. The summed E-state index contributed by atoms with van der Waals surface area (Å²) in [5, 5.41) is 25.3. The summed E-state index contributed by atoms with van der Waals surface area (Å²) >= 11 is 0. The van der Waals surface area contributed by atoms with Gasteiger partial charge in [-0.2, -0.15) is 10.4 Å². The molecule has 0 aliphatic carbocycles. The zero-order valence-electron chi connectivity index (χ0n) is 15.6. The third-order valence-corrected chi connectivity index (χ3v) is 4.59. The number of benzene rings is 3. The Morgan fingerprint density at radius 1 is 0.967 bits per heavy atom. The van der Waals surface area contributed by atoms with Gasteiger partial charge in [0.2, 0.25) is 0 Å². The van der Waals surface area contributed by atoms with Crippen LogP contribution in [0.15, 0.2) is 84.9 Å². The molecule has 1 heterocycles. The number of non-ortho nitro benzene ring substituents is 1. The molecule has 0 unspecified atom stereocenters. The van der Waals surface area contributed by atoms with Gasteiger partial charge in [0.25, 0.3) is 5.69 Å². The van der Waals surface area contributed by atoms with Gasteiger partial charge in [0, 0.05) is 23.3 Å². The highest BCUT2D eigenvalue weighted by Gasteiger charge is 2.27. The van der Waals surface area contributed by atoms with Crippen molar-refractivity contribution >= 4 is 11.5 Å². The summed E-state index contributed by atoms with van der Waals surface area (Å²) in [5.41, 5.74) is 1.86. The van der Waals surface area contributed by atoms with Gasteiger partial charge >= 0.3 is 0 Å². The predicted molar refractivity (Wildman–Crippen MR) is 110 cm³/mol. The molecule has 0 radical (unpaired) electrons. The summed E-state index contributed by atoms with van der Waals surface area (Å²) in [6.45, 7) is 0. The van der Waals surface area contributed by atoms with Gasteiger partial charge in [0.15, 0.2) is 11.5 Å². The molecule has 0 aliphatic heterocycles. The number of carbonyl (C=O) groups is 1. The number of nitro groups is 1. The molecule has 0 fully saturated rings. The van der Waals surface area contributed by atoms with Crippen molar-refractivity contribution in [2.75, 3.05) is 0 Å². The average Bonchev–Trinajstić information content (AvgIpc) is 3.19. The molecule has 1 aromatic heterocycles. The van der Waals surface area contributed by atoms with Gasteiger partial charge in [-0.1, -0.05) is 66.7 Å². The Morgan fingerprint density at radius 3 is 2.27 bits per heavy atom. The van der Waals surface area contributed by atoms with Crippen LogP contribution in [0, 0.1) is 21.4 Å². The minimum absolute atomic E-state index is 0.0470. The first-order valence-electron chi connectivity index (χ1n) is 9.03. The molecule has 0 saturated heterocycles. The van der Waals surface area contributed by atoms with Crippen LogP contribution >= 0.6 is 0 Å². The molecule has 0 saturated carbocycles. The van der Waals surface area contributed by atoms with E-state index in [2.05, 4.69) is 5.10 Å². The number of aromatic nitrogens is 2. The Kier molecular flexibility index (Phi) is 4.89. The van der Waals surface area contributed by atoms with Crippen LogP contribution in [0.25, 0.3) is 16.9 Å². The molecule has 144 valence electrons. The first kappa shape index (κ1) is 18.8. The van der Waals surface area contributed by atoms with Crippen molar-refractivity contribution in [3.05, 3.63) is 112 Å². The molecule has 0 spiro atoms. The molecule has 4 aromatic rings. The molecule has 0 atom stereocenters. The topological polar surface area (TPSA) is 102 Å². The zero-order valence-corrected chi connectivity index (χ0v) is 15.6. The van der Waals surface area contributed by atoms with E-state index in [0.29, 0.717) is 22.5 Å². The minimum atomic E-state index is -0.504. The molecular weight excluding hydrogens is 380 g/mol. The van der Waals surface area contributed by atoms with Gasteiger partial charge in [-0.3, -0.25) is 14.9 Å². The van der Waals surface area contributed by atoms with Crippen LogP contribution in [0.5, 0.6) is 0 Å². The highest BCUT2D eigenvalue weighted by molar-refractivity contribution is 6.13. The van der Waals surface area contributed by atoms with Crippen molar-refractivity contribution < 1.29 is 9.72 Å². The first-order valence-corrected chi connectivity index (χ1v) is 9.03. The lowest BCUT2D eigenvalue weighted by molar-refractivity contribution is -0.384. The summed E-state index contributed by atoms with van der Waals surface area (Å²) < 4.78 is 1.41. The average molecular weight is 394 g/mol. The van der Waals surface area contributed by atoms with E-state index < -0.39 is 4.92 Å². The minimum Gasteiger partial charge on any atom is -0.288 e. The summed E-state index contributed by atoms with van der Waals surface area (Å²) in [4.78, 5) is 24.1. The van der Waals surface area contributed by atoms with Crippen molar-refractivity contribution in [2.45, 2.75) is 0 Å². The van der Waals surface area contributed by atoms with Crippen molar-refractivity contribution in [1.82, 2.24) is 9.78 Å². The fraction of sp³-hybridized carbons (Fsp3) is 0. The highest BCUT2D eigenvalue weighted by atomic mass is 16.6. The van der Waals surface area contributed by atoms with Gasteiger partial charge in [-0.25, -0.2) is 4.68 Å². The van der Waals surface area contributed by atoms with Crippen LogP contribution in [0.2, 0.25) is 0 Å². The van der Waals surface area contributed by atoms with E-state index in [4.69, 9.17) is 0 Å². The first-order chi connectivity index (χ1) is 14.6. The van der Waals surface area contributed by atoms with E-state index in [0.717, 1.165) is 0 Å². The van der Waals surface area contributed by atoms with Gasteiger partial charge < -0.3 is 0 Å². The van der Waals surface area contributed by atoms with Crippen LogP contribution in [0.3, 0.4) is 0 Å². The number of ketones is 1. The molecule has 7 nitrogen and oxygen atoms in total. The molecule has 0 bridgehead atoms. The van der Waals surface area contributed by atoms with Gasteiger partial charge in [0.05, 0.1) is 21.9 Å². The van der Waals surface area contributed by atoms with Crippen LogP contribution in [-0.2, 0) is 0 Å². The van der Waals surface area contributed by atoms with E-state index in [-0.39, 0.29) is 22.7 Å². The lowest BCUT2D eigenvalue weighted by Gasteiger charge is -2.10. The van der Waals surface area contributed by atoms with Gasteiger partial charge in [-0.15, -0.1) is 0 Å². The number of nitro benzene ring substituents is 1. The fourth-order valence-corrected chi connectivity index (χ4v) is 3.23. The largest absolute Gasteiger partial charge is 0.288 e. The molecule has 4 rings (SSSR count). The second-order valence-electron chi connectivity index (χ2n) is 6.43. The van der Waals surface area contributed by atoms with E-state index in [9.17, 15) is 20.2 Å². The molecular formula is C23H14N4O3. The Labute approximate surface area is 171 Å². The normalized spacial score (nSPS) is 10.4. The SMILES string of the molecule is N#Cc1nn(-c2cccc([N+](=O)[O-])c2)c(-c2ccccc2)c1C(=O)c1ccccc1. The number of nitrogens with zero attached hydrogens (tertiary/aromatic N) is 4. The van der Waals surface area contributed by atoms with Crippen molar-refractivity contribution in [3.63, 3.8) is 0 Å². The molecule has 0 aliphatic rings. The van der Waals surface area contributed by atoms with Gasteiger partial charge in [-0.05, 0) is 6.07 Å². The summed E-state index contributed by atoms with van der Waals surface area (Å²) in [6.07, 6.45) is 0. The third-order valence-electron chi connectivity index (χ3n) is 4.59. The highest BCUT2D eigenvalue weighted by Crippen LogP contribution is 2.31. The molecule has 3 aromatic carbocycles. The molecule has 0 N–H and O–H groups in total.